The summed E-state index contributed by atoms with van der Waals surface area (Å²) in [5.41, 5.74) is 0.447. The Morgan fingerprint density at radius 3 is 2.73 bits per heavy atom. The SMILES string of the molecule is CC1CCC(CNC(=O)c2cn(C3CCNCC3)nn2)CC1. The van der Waals surface area contributed by atoms with Gasteiger partial charge >= 0.3 is 0 Å². The van der Waals surface area contributed by atoms with E-state index in [9.17, 15) is 4.79 Å². The van der Waals surface area contributed by atoms with Gasteiger partial charge in [0.2, 0.25) is 0 Å². The van der Waals surface area contributed by atoms with Gasteiger partial charge in [0, 0.05) is 6.54 Å². The first-order chi connectivity index (χ1) is 10.7. The fourth-order valence-electron chi connectivity index (χ4n) is 3.49. The lowest BCUT2D eigenvalue weighted by atomic mass is 9.83. The summed E-state index contributed by atoms with van der Waals surface area (Å²) in [5.74, 6) is 1.38. The van der Waals surface area contributed by atoms with Gasteiger partial charge in [-0.1, -0.05) is 25.0 Å². The van der Waals surface area contributed by atoms with E-state index in [-0.39, 0.29) is 5.91 Å². The van der Waals surface area contributed by atoms with E-state index in [2.05, 4.69) is 27.9 Å². The molecule has 1 aromatic rings. The van der Waals surface area contributed by atoms with Crippen molar-refractivity contribution < 1.29 is 4.79 Å². The van der Waals surface area contributed by atoms with Gasteiger partial charge in [0.1, 0.15) is 0 Å². The molecule has 6 heteroatoms. The molecule has 2 heterocycles. The van der Waals surface area contributed by atoms with Crippen molar-refractivity contribution in [1.29, 1.82) is 0 Å². The van der Waals surface area contributed by atoms with Crippen LogP contribution in [0, 0.1) is 11.8 Å². The lowest BCUT2D eigenvalue weighted by Gasteiger charge is -2.26. The van der Waals surface area contributed by atoms with Crippen LogP contribution in [-0.2, 0) is 0 Å². The minimum absolute atomic E-state index is 0.0844. The van der Waals surface area contributed by atoms with Crippen molar-refractivity contribution in [3.63, 3.8) is 0 Å². The number of nitrogens with zero attached hydrogens (tertiary/aromatic N) is 3. The maximum absolute atomic E-state index is 12.2. The van der Waals surface area contributed by atoms with Gasteiger partial charge in [0.05, 0.1) is 12.2 Å². The van der Waals surface area contributed by atoms with Crippen LogP contribution in [0.4, 0.5) is 0 Å². The molecule has 1 aliphatic heterocycles. The molecule has 0 radical (unpaired) electrons. The molecule has 1 saturated heterocycles. The highest BCUT2D eigenvalue weighted by atomic mass is 16.2. The van der Waals surface area contributed by atoms with Gasteiger partial charge in [-0.25, -0.2) is 4.68 Å². The molecule has 122 valence electrons. The van der Waals surface area contributed by atoms with E-state index >= 15 is 0 Å². The van der Waals surface area contributed by atoms with Crippen LogP contribution in [0.3, 0.4) is 0 Å². The summed E-state index contributed by atoms with van der Waals surface area (Å²) in [4.78, 5) is 12.2. The molecule has 3 rings (SSSR count). The second-order valence-corrected chi connectivity index (χ2v) is 6.90. The molecule has 1 saturated carbocycles. The largest absolute Gasteiger partial charge is 0.350 e. The number of rotatable bonds is 4. The average molecular weight is 305 g/mol. The normalized spacial score (nSPS) is 26.8. The highest BCUT2D eigenvalue weighted by Gasteiger charge is 2.21. The molecule has 0 bridgehead atoms. The average Bonchev–Trinajstić information content (AvgIpc) is 3.05. The zero-order valence-electron chi connectivity index (χ0n) is 13.4. The zero-order valence-corrected chi connectivity index (χ0v) is 13.4. The smallest absolute Gasteiger partial charge is 0.273 e. The van der Waals surface area contributed by atoms with Crippen molar-refractivity contribution in [2.75, 3.05) is 19.6 Å². The highest BCUT2D eigenvalue weighted by Crippen LogP contribution is 2.27. The third-order valence-corrected chi connectivity index (χ3v) is 5.11. The molecule has 0 spiro atoms. The van der Waals surface area contributed by atoms with Gasteiger partial charge in [0.25, 0.3) is 5.91 Å². The van der Waals surface area contributed by atoms with Crippen molar-refractivity contribution in [1.82, 2.24) is 25.6 Å². The number of hydrogen-bond acceptors (Lipinski definition) is 4. The first-order valence-electron chi connectivity index (χ1n) is 8.63. The van der Waals surface area contributed by atoms with Gasteiger partial charge < -0.3 is 10.6 Å². The Morgan fingerprint density at radius 2 is 2.00 bits per heavy atom. The van der Waals surface area contributed by atoms with E-state index in [4.69, 9.17) is 0 Å². The maximum atomic E-state index is 12.2. The molecule has 1 aliphatic carbocycles. The lowest BCUT2D eigenvalue weighted by Crippen LogP contribution is -2.31. The summed E-state index contributed by atoms with van der Waals surface area (Å²) in [6, 6.07) is 0.370. The number of hydrogen-bond donors (Lipinski definition) is 2. The summed E-state index contributed by atoms with van der Waals surface area (Å²) in [7, 11) is 0. The molecule has 2 aliphatic rings. The summed E-state index contributed by atoms with van der Waals surface area (Å²) < 4.78 is 1.86. The molecule has 2 fully saturated rings. The van der Waals surface area contributed by atoms with Crippen molar-refractivity contribution in [2.45, 2.75) is 51.5 Å². The predicted octanol–water partition coefficient (Wildman–Crippen LogP) is 1.76. The maximum Gasteiger partial charge on any atom is 0.273 e. The predicted molar refractivity (Wildman–Crippen MR) is 84.6 cm³/mol. The molecule has 0 unspecified atom stereocenters. The second kappa shape index (κ2) is 7.22. The number of carbonyl (C=O) groups excluding carboxylic acids is 1. The number of carbonyl (C=O) groups is 1. The monoisotopic (exact) mass is 305 g/mol. The van der Waals surface area contributed by atoms with Gasteiger partial charge in [-0.3, -0.25) is 4.79 Å². The van der Waals surface area contributed by atoms with Crippen LogP contribution >= 0.6 is 0 Å². The molecule has 6 nitrogen and oxygen atoms in total. The molecule has 0 atom stereocenters. The van der Waals surface area contributed by atoms with Gasteiger partial charge in [-0.2, -0.15) is 0 Å². The molecule has 1 aromatic heterocycles. The Hall–Kier alpha value is -1.43. The Balaban J connectivity index is 1.49. The first kappa shape index (κ1) is 15.5. The minimum Gasteiger partial charge on any atom is -0.350 e. The van der Waals surface area contributed by atoms with Gasteiger partial charge in [0.15, 0.2) is 5.69 Å². The van der Waals surface area contributed by atoms with Crippen molar-refractivity contribution >= 4 is 5.91 Å². The van der Waals surface area contributed by atoms with E-state index in [0.717, 1.165) is 38.4 Å². The second-order valence-electron chi connectivity index (χ2n) is 6.90. The summed E-state index contributed by atoms with van der Waals surface area (Å²) in [6.45, 7) is 5.10. The van der Waals surface area contributed by atoms with E-state index < -0.39 is 0 Å². The van der Waals surface area contributed by atoms with Crippen molar-refractivity contribution in [3.8, 4) is 0 Å². The van der Waals surface area contributed by atoms with E-state index in [0.29, 0.717) is 17.7 Å². The van der Waals surface area contributed by atoms with Crippen LogP contribution in [-0.4, -0.2) is 40.5 Å². The Labute approximate surface area is 132 Å². The Bertz CT molecular complexity index is 486. The zero-order chi connectivity index (χ0) is 15.4. The highest BCUT2D eigenvalue weighted by molar-refractivity contribution is 5.91. The fraction of sp³-hybridized carbons (Fsp3) is 0.812. The van der Waals surface area contributed by atoms with Crippen LogP contribution in [0.1, 0.15) is 62.0 Å². The van der Waals surface area contributed by atoms with Crippen LogP contribution in [0.25, 0.3) is 0 Å². The standard InChI is InChI=1S/C16H27N5O/c1-12-2-4-13(5-3-12)10-18-16(22)15-11-21(20-19-15)14-6-8-17-9-7-14/h11-14,17H,2-10H2,1H3,(H,18,22). The van der Waals surface area contributed by atoms with Crippen LogP contribution in [0.5, 0.6) is 0 Å². The number of aromatic nitrogens is 3. The van der Waals surface area contributed by atoms with Crippen molar-refractivity contribution in [2.24, 2.45) is 11.8 Å². The van der Waals surface area contributed by atoms with E-state index in [1.54, 1.807) is 6.20 Å². The van der Waals surface area contributed by atoms with Crippen LogP contribution in [0.2, 0.25) is 0 Å². The Morgan fingerprint density at radius 1 is 1.27 bits per heavy atom. The number of nitrogens with one attached hydrogen (secondary N) is 2. The van der Waals surface area contributed by atoms with Crippen molar-refractivity contribution in [3.05, 3.63) is 11.9 Å². The molecular weight excluding hydrogens is 278 g/mol. The third-order valence-electron chi connectivity index (χ3n) is 5.11. The van der Waals surface area contributed by atoms with Crippen LogP contribution < -0.4 is 10.6 Å². The van der Waals surface area contributed by atoms with Gasteiger partial charge in [-0.05, 0) is 50.6 Å². The summed E-state index contributed by atoms with van der Waals surface area (Å²) >= 11 is 0. The molecular formula is C16H27N5O. The quantitative estimate of drug-likeness (QED) is 0.889. The summed E-state index contributed by atoms with van der Waals surface area (Å²) in [5, 5.41) is 14.6. The topological polar surface area (TPSA) is 71.8 Å². The number of amides is 1. The van der Waals surface area contributed by atoms with E-state index in [1.165, 1.54) is 25.7 Å². The van der Waals surface area contributed by atoms with Crippen LogP contribution in [0.15, 0.2) is 6.20 Å². The first-order valence-corrected chi connectivity index (χ1v) is 8.63. The minimum atomic E-state index is -0.0844. The Kier molecular flexibility index (Phi) is 5.08. The van der Waals surface area contributed by atoms with E-state index in [1.807, 2.05) is 4.68 Å². The third kappa shape index (κ3) is 3.85. The molecule has 0 aromatic carbocycles. The molecule has 1 amide bonds. The van der Waals surface area contributed by atoms with Gasteiger partial charge in [-0.15, -0.1) is 5.10 Å². The molecule has 2 N–H and O–H groups in total. The molecule has 22 heavy (non-hydrogen) atoms. The fourth-order valence-corrected chi connectivity index (χ4v) is 3.49. The lowest BCUT2D eigenvalue weighted by molar-refractivity contribution is 0.0936. The number of piperidine rings is 1. The summed E-state index contributed by atoms with van der Waals surface area (Å²) in [6.07, 6.45) is 8.91.